The molecule has 1 atom stereocenters. The molecule has 1 nitrogen and oxygen atoms in total. The Hall–Kier alpha value is -0.480. The van der Waals surface area contributed by atoms with Crippen molar-refractivity contribution in [3.8, 4) is 0 Å². The van der Waals surface area contributed by atoms with Crippen LogP contribution in [0.15, 0.2) is 57.9 Å². The highest BCUT2D eigenvalue weighted by atomic mass is 79.9. The van der Waals surface area contributed by atoms with Crippen LogP contribution >= 0.6 is 39.3 Å². The summed E-state index contributed by atoms with van der Waals surface area (Å²) in [5, 5.41) is 10.7. The molecular formula is C14H12BrClOS. The molecule has 94 valence electrons. The molecule has 0 saturated heterocycles. The van der Waals surface area contributed by atoms with Crippen molar-refractivity contribution in [3.05, 3.63) is 63.6 Å². The van der Waals surface area contributed by atoms with Gasteiger partial charge in [-0.1, -0.05) is 45.7 Å². The number of aliphatic hydroxyl groups excluding tert-OH is 1. The van der Waals surface area contributed by atoms with E-state index in [1.807, 2.05) is 42.5 Å². The highest BCUT2D eigenvalue weighted by Crippen LogP contribution is 2.29. The summed E-state index contributed by atoms with van der Waals surface area (Å²) < 4.78 is 1.05. The van der Waals surface area contributed by atoms with Crippen molar-refractivity contribution in [2.24, 2.45) is 0 Å². The lowest BCUT2D eigenvalue weighted by atomic mass is 10.1. The number of thioether (sulfide) groups is 1. The van der Waals surface area contributed by atoms with Gasteiger partial charge in [-0.2, -0.15) is 0 Å². The lowest BCUT2D eigenvalue weighted by molar-refractivity contribution is 0.204. The minimum atomic E-state index is -0.549. The molecular weight excluding hydrogens is 332 g/mol. The van der Waals surface area contributed by atoms with Gasteiger partial charge in [0.25, 0.3) is 0 Å². The van der Waals surface area contributed by atoms with E-state index in [1.54, 1.807) is 17.8 Å². The third kappa shape index (κ3) is 3.75. The Bertz CT molecular complexity index is 515. The van der Waals surface area contributed by atoms with E-state index >= 15 is 0 Å². The molecule has 0 saturated carbocycles. The minimum Gasteiger partial charge on any atom is -0.387 e. The van der Waals surface area contributed by atoms with Gasteiger partial charge >= 0.3 is 0 Å². The Balaban J connectivity index is 1.98. The van der Waals surface area contributed by atoms with Crippen molar-refractivity contribution < 1.29 is 5.11 Å². The molecule has 0 aliphatic heterocycles. The van der Waals surface area contributed by atoms with Gasteiger partial charge in [0, 0.05) is 20.1 Å². The molecule has 0 aliphatic carbocycles. The van der Waals surface area contributed by atoms with Gasteiger partial charge in [0.2, 0.25) is 0 Å². The maximum absolute atomic E-state index is 10.1. The van der Waals surface area contributed by atoms with Crippen LogP contribution in [0.1, 0.15) is 11.7 Å². The van der Waals surface area contributed by atoms with Gasteiger partial charge in [0.1, 0.15) is 0 Å². The van der Waals surface area contributed by atoms with E-state index < -0.39 is 6.10 Å². The van der Waals surface area contributed by atoms with Gasteiger partial charge in [-0.05, 0) is 35.9 Å². The molecule has 0 spiro atoms. The summed E-state index contributed by atoms with van der Waals surface area (Å²) in [5.41, 5.74) is 0.781. The van der Waals surface area contributed by atoms with Crippen molar-refractivity contribution in [1.82, 2.24) is 0 Å². The fourth-order valence-electron chi connectivity index (χ4n) is 1.54. The molecule has 4 heteroatoms. The molecule has 0 heterocycles. The van der Waals surface area contributed by atoms with Crippen molar-refractivity contribution in [2.75, 3.05) is 5.75 Å². The Kier molecular flexibility index (Phi) is 5.13. The number of rotatable bonds is 4. The smallest absolute Gasteiger partial charge is 0.0898 e. The highest BCUT2D eigenvalue weighted by molar-refractivity contribution is 9.10. The first kappa shape index (κ1) is 13.9. The molecule has 0 aliphatic rings. The van der Waals surface area contributed by atoms with Gasteiger partial charge in [0.15, 0.2) is 0 Å². The standard InChI is InChI=1S/C14H12BrClOS/c15-10-5-7-11(8-6-10)18-9-14(17)12-3-1-2-4-13(12)16/h1-8,14,17H,9H2. The van der Waals surface area contributed by atoms with Crippen LogP contribution in [0.4, 0.5) is 0 Å². The molecule has 0 fully saturated rings. The van der Waals surface area contributed by atoms with Gasteiger partial charge in [-0.15, -0.1) is 11.8 Å². The van der Waals surface area contributed by atoms with E-state index in [-0.39, 0.29) is 0 Å². The molecule has 2 aromatic rings. The van der Waals surface area contributed by atoms with Crippen molar-refractivity contribution >= 4 is 39.3 Å². The average Bonchev–Trinajstić information content (AvgIpc) is 2.38. The van der Waals surface area contributed by atoms with Crippen molar-refractivity contribution in [2.45, 2.75) is 11.0 Å². The lowest BCUT2D eigenvalue weighted by Crippen LogP contribution is -2.01. The predicted octanol–water partition coefficient (Wildman–Crippen LogP) is 4.93. The van der Waals surface area contributed by atoms with Crippen molar-refractivity contribution in [1.29, 1.82) is 0 Å². The molecule has 2 rings (SSSR count). The highest BCUT2D eigenvalue weighted by Gasteiger charge is 2.11. The Morgan fingerprint density at radius 1 is 1.11 bits per heavy atom. The summed E-state index contributed by atoms with van der Waals surface area (Å²) in [6.07, 6.45) is -0.549. The van der Waals surface area contributed by atoms with E-state index in [1.165, 1.54) is 0 Å². The Labute approximate surface area is 124 Å². The van der Waals surface area contributed by atoms with Gasteiger partial charge < -0.3 is 5.11 Å². The molecule has 1 N–H and O–H groups in total. The minimum absolute atomic E-state index is 0.549. The molecule has 0 aromatic heterocycles. The second-order valence-electron chi connectivity index (χ2n) is 3.80. The lowest BCUT2D eigenvalue weighted by Gasteiger charge is -2.12. The number of aliphatic hydroxyl groups is 1. The SMILES string of the molecule is OC(CSc1ccc(Br)cc1)c1ccccc1Cl. The summed E-state index contributed by atoms with van der Waals surface area (Å²) in [6, 6.07) is 15.4. The second kappa shape index (κ2) is 6.62. The zero-order valence-corrected chi connectivity index (χ0v) is 12.7. The normalized spacial score (nSPS) is 12.4. The summed E-state index contributed by atoms with van der Waals surface area (Å²) in [7, 11) is 0. The van der Waals surface area contributed by atoms with Crippen LogP contribution in [-0.4, -0.2) is 10.9 Å². The summed E-state index contributed by atoms with van der Waals surface area (Å²) in [5.74, 6) is 0.589. The van der Waals surface area contributed by atoms with E-state index in [4.69, 9.17) is 11.6 Å². The number of halogens is 2. The average molecular weight is 344 g/mol. The molecule has 18 heavy (non-hydrogen) atoms. The first-order chi connectivity index (χ1) is 8.66. The van der Waals surface area contributed by atoms with Crippen LogP contribution in [0.25, 0.3) is 0 Å². The fraction of sp³-hybridized carbons (Fsp3) is 0.143. The zero-order valence-electron chi connectivity index (χ0n) is 9.51. The van der Waals surface area contributed by atoms with Gasteiger partial charge in [-0.3, -0.25) is 0 Å². The first-order valence-corrected chi connectivity index (χ1v) is 7.63. The van der Waals surface area contributed by atoms with Crippen LogP contribution in [0.5, 0.6) is 0 Å². The van der Waals surface area contributed by atoms with Crippen LogP contribution in [0.2, 0.25) is 5.02 Å². The second-order valence-corrected chi connectivity index (χ2v) is 6.22. The number of hydrogen-bond acceptors (Lipinski definition) is 2. The van der Waals surface area contributed by atoms with E-state index in [9.17, 15) is 5.11 Å². The van der Waals surface area contributed by atoms with Crippen LogP contribution in [-0.2, 0) is 0 Å². The topological polar surface area (TPSA) is 20.2 Å². The molecule has 0 amide bonds. The van der Waals surface area contributed by atoms with Gasteiger partial charge in [-0.25, -0.2) is 0 Å². The third-order valence-electron chi connectivity index (χ3n) is 2.49. The molecule has 1 unspecified atom stereocenters. The monoisotopic (exact) mass is 342 g/mol. The van der Waals surface area contributed by atoms with Crippen molar-refractivity contribution in [3.63, 3.8) is 0 Å². The third-order valence-corrected chi connectivity index (χ3v) is 4.45. The zero-order chi connectivity index (χ0) is 13.0. The maximum atomic E-state index is 10.1. The number of hydrogen-bond donors (Lipinski definition) is 1. The first-order valence-electron chi connectivity index (χ1n) is 5.47. The van der Waals surface area contributed by atoms with E-state index in [0.29, 0.717) is 10.8 Å². The van der Waals surface area contributed by atoms with Crippen LogP contribution in [0, 0.1) is 0 Å². The summed E-state index contributed by atoms with van der Waals surface area (Å²) in [6.45, 7) is 0. The quantitative estimate of drug-likeness (QED) is 0.794. The summed E-state index contributed by atoms with van der Waals surface area (Å²) in [4.78, 5) is 1.13. The van der Waals surface area contributed by atoms with Gasteiger partial charge in [0.05, 0.1) is 6.10 Å². The summed E-state index contributed by atoms with van der Waals surface area (Å²) >= 11 is 11.1. The molecule has 0 bridgehead atoms. The largest absolute Gasteiger partial charge is 0.387 e. The Morgan fingerprint density at radius 3 is 2.44 bits per heavy atom. The Morgan fingerprint density at radius 2 is 1.78 bits per heavy atom. The van der Waals surface area contributed by atoms with Crippen LogP contribution < -0.4 is 0 Å². The predicted molar refractivity (Wildman–Crippen MR) is 81.3 cm³/mol. The number of benzene rings is 2. The maximum Gasteiger partial charge on any atom is 0.0898 e. The van der Waals surface area contributed by atoms with E-state index in [2.05, 4.69) is 15.9 Å². The molecule has 0 radical (unpaired) electrons. The molecule has 2 aromatic carbocycles. The van der Waals surface area contributed by atoms with Crippen LogP contribution in [0.3, 0.4) is 0 Å². The van der Waals surface area contributed by atoms with E-state index in [0.717, 1.165) is 14.9 Å². The fourth-order valence-corrected chi connectivity index (χ4v) is 2.93.